The summed E-state index contributed by atoms with van der Waals surface area (Å²) in [5, 5.41) is 1.34. The first-order chi connectivity index (χ1) is 12.2. The summed E-state index contributed by atoms with van der Waals surface area (Å²) < 4.78 is 31.1. The minimum absolute atomic E-state index is 0.168. The number of nitrogens with zero attached hydrogens (tertiary/aromatic N) is 1. The van der Waals surface area contributed by atoms with Crippen LogP contribution in [-0.4, -0.2) is 26.5 Å². The molecule has 0 N–H and O–H groups in total. The number of anilines is 1. The Hall–Kier alpha value is -2.31. The number of ketones is 1. The number of hydrogen-bond donors (Lipinski definition) is 0. The van der Waals surface area contributed by atoms with Gasteiger partial charge in [-0.3, -0.25) is 9.10 Å². The summed E-state index contributed by atoms with van der Waals surface area (Å²) in [7, 11) is -3.35. The lowest BCUT2D eigenvalue weighted by Crippen LogP contribution is -2.34. The fourth-order valence-corrected chi connectivity index (χ4v) is 4.96. The van der Waals surface area contributed by atoms with Gasteiger partial charge in [-0.05, 0) is 61.4 Å². The summed E-state index contributed by atoms with van der Waals surface area (Å²) in [6, 6.07) is 11.7. The average molecular weight is 390 g/mol. The molecule has 0 spiro atoms. The molecule has 1 aromatic heterocycles. The molecular weight excluding hydrogens is 374 g/mol. The molecule has 1 unspecified atom stereocenters. The van der Waals surface area contributed by atoms with Gasteiger partial charge in [0, 0.05) is 22.0 Å². The van der Waals surface area contributed by atoms with Crippen LogP contribution in [0.2, 0.25) is 5.02 Å². The van der Waals surface area contributed by atoms with Gasteiger partial charge >= 0.3 is 0 Å². The van der Waals surface area contributed by atoms with E-state index in [-0.39, 0.29) is 17.6 Å². The van der Waals surface area contributed by atoms with Crippen molar-refractivity contribution in [1.29, 1.82) is 0 Å². The Kier molecular flexibility index (Phi) is 3.86. The van der Waals surface area contributed by atoms with Crippen LogP contribution in [0.4, 0.5) is 5.69 Å². The van der Waals surface area contributed by atoms with Crippen molar-refractivity contribution in [2.75, 3.05) is 10.6 Å². The summed E-state index contributed by atoms with van der Waals surface area (Å²) in [5.41, 5.74) is 2.54. The maximum atomic E-state index is 12.8. The van der Waals surface area contributed by atoms with Crippen molar-refractivity contribution in [3.8, 4) is 0 Å². The van der Waals surface area contributed by atoms with E-state index in [2.05, 4.69) is 0 Å². The third kappa shape index (κ3) is 2.79. The molecule has 3 aromatic rings. The molecule has 0 radical (unpaired) electrons. The Labute approximate surface area is 156 Å². The quantitative estimate of drug-likeness (QED) is 0.634. The zero-order valence-corrected chi connectivity index (χ0v) is 15.8. The highest BCUT2D eigenvalue weighted by Gasteiger charge is 2.33. The highest BCUT2D eigenvalue weighted by molar-refractivity contribution is 7.92. The van der Waals surface area contributed by atoms with Gasteiger partial charge in [-0.25, -0.2) is 8.42 Å². The average Bonchev–Trinajstić information content (AvgIpc) is 3.12. The van der Waals surface area contributed by atoms with Crippen LogP contribution in [0.3, 0.4) is 0 Å². The highest BCUT2D eigenvalue weighted by Crippen LogP contribution is 2.35. The second-order valence-electron chi connectivity index (χ2n) is 6.58. The van der Waals surface area contributed by atoms with E-state index in [1.54, 1.807) is 42.5 Å². The molecule has 0 saturated carbocycles. The number of furan rings is 1. The van der Waals surface area contributed by atoms with Crippen molar-refractivity contribution in [1.82, 2.24) is 0 Å². The van der Waals surface area contributed by atoms with E-state index in [9.17, 15) is 13.2 Å². The molecule has 134 valence electrons. The molecule has 7 heteroatoms. The number of benzene rings is 2. The Morgan fingerprint density at radius 2 is 1.96 bits per heavy atom. The number of sulfonamides is 1. The smallest absolute Gasteiger partial charge is 0.232 e. The topological polar surface area (TPSA) is 67.6 Å². The standard InChI is InChI=1S/C19H16ClNO4S/c1-11-7-13-8-12(3-5-16(13)21(11)26(2,23)24)19(22)18-10-14-9-15(20)4-6-17(14)25-18/h3-6,8-11H,7H2,1-2H3. The van der Waals surface area contributed by atoms with Crippen LogP contribution in [0.15, 0.2) is 46.9 Å². The second-order valence-corrected chi connectivity index (χ2v) is 8.87. The van der Waals surface area contributed by atoms with Crippen LogP contribution in [0.1, 0.15) is 28.6 Å². The molecule has 1 aliphatic rings. The van der Waals surface area contributed by atoms with Crippen LogP contribution in [0.5, 0.6) is 0 Å². The molecule has 26 heavy (non-hydrogen) atoms. The van der Waals surface area contributed by atoms with Crippen molar-refractivity contribution < 1.29 is 17.6 Å². The lowest BCUT2D eigenvalue weighted by atomic mass is 10.0. The van der Waals surface area contributed by atoms with Crippen molar-refractivity contribution in [3.63, 3.8) is 0 Å². The van der Waals surface area contributed by atoms with Crippen LogP contribution in [0, 0.1) is 0 Å². The van der Waals surface area contributed by atoms with Crippen molar-refractivity contribution >= 4 is 44.1 Å². The SMILES string of the molecule is CC1Cc2cc(C(=O)c3cc4cc(Cl)ccc4o3)ccc2N1S(C)(=O)=O. The minimum Gasteiger partial charge on any atom is -0.453 e. The summed E-state index contributed by atoms with van der Waals surface area (Å²) in [6.07, 6.45) is 1.76. The molecule has 1 atom stereocenters. The molecule has 0 amide bonds. The van der Waals surface area contributed by atoms with Crippen molar-refractivity contribution in [3.05, 3.63) is 64.4 Å². The van der Waals surface area contributed by atoms with Gasteiger partial charge in [0.25, 0.3) is 0 Å². The van der Waals surface area contributed by atoms with Crippen LogP contribution in [-0.2, 0) is 16.4 Å². The Balaban J connectivity index is 1.73. The van der Waals surface area contributed by atoms with E-state index in [0.717, 1.165) is 10.9 Å². The van der Waals surface area contributed by atoms with E-state index in [4.69, 9.17) is 16.0 Å². The maximum Gasteiger partial charge on any atom is 0.232 e. The predicted molar refractivity (Wildman–Crippen MR) is 102 cm³/mol. The van der Waals surface area contributed by atoms with Crippen molar-refractivity contribution in [2.24, 2.45) is 0 Å². The first-order valence-electron chi connectivity index (χ1n) is 8.10. The Morgan fingerprint density at radius 3 is 2.69 bits per heavy atom. The van der Waals surface area contributed by atoms with E-state index in [1.807, 2.05) is 6.92 Å². The number of halogens is 1. The maximum absolute atomic E-state index is 12.8. The molecular formula is C19H16ClNO4S. The minimum atomic E-state index is -3.35. The molecule has 2 aromatic carbocycles. The van der Waals surface area contributed by atoms with Crippen LogP contribution >= 0.6 is 11.6 Å². The number of carbonyl (C=O) groups excluding carboxylic acids is 1. The van der Waals surface area contributed by atoms with E-state index in [0.29, 0.717) is 28.3 Å². The van der Waals surface area contributed by atoms with Gasteiger partial charge in [0.15, 0.2) is 5.76 Å². The van der Waals surface area contributed by atoms with Gasteiger partial charge in [-0.15, -0.1) is 0 Å². The van der Waals surface area contributed by atoms with Gasteiger partial charge in [0.1, 0.15) is 5.58 Å². The first kappa shape index (κ1) is 17.1. The fraction of sp³-hybridized carbons (Fsp3) is 0.211. The van der Waals surface area contributed by atoms with Crippen LogP contribution in [0.25, 0.3) is 11.0 Å². The van der Waals surface area contributed by atoms with E-state index >= 15 is 0 Å². The summed E-state index contributed by atoms with van der Waals surface area (Å²) >= 11 is 5.97. The molecule has 0 aliphatic carbocycles. The Morgan fingerprint density at radius 1 is 1.19 bits per heavy atom. The van der Waals surface area contributed by atoms with Crippen LogP contribution < -0.4 is 4.31 Å². The second kappa shape index (κ2) is 5.86. The zero-order valence-electron chi connectivity index (χ0n) is 14.2. The van der Waals surface area contributed by atoms with Crippen molar-refractivity contribution in [2.45, 2.75) is 19.4 Å². The number of hydrogen-bond acceptors (Lipinski definition) is 4. The van der Waals surface area contributed by atoms with Gasteiger partial charge in [0.05, 0.1) is 11.9 Å². The van der Waals surface area contributed by atoms with Gasteiger partial charge in [0.2, 0.25) is 15.8 Å². The molecule has 1 aliphatic heterocycles. The van der Waals surface area contributed by atoms with Gasteiger partial charge in [-0.1, -0.05) is 11.6 Å². The highest BCUT2D eigenvalue weighted by atomic mass is 35.5. The first-order valence-corrected chi connectivity index (χ1v) is 10.3. The van der Waals surface area contributed by atoms with E-state index in [1.165, 1.54) is 10.6 Å². The van der Waals surface area contributed by atoms with Gasteiger partial charge < -0.3 is 4.42 Å². The van der Waals surface area contributed by atoms with Gasteiger partial charge in [-0.2, -0.15) is 0 Å². The lowest BCUT2D eigenvalue weighted by molar-refractivity contribution is 0.101. The summed E-state index contributed by atoms with van der Waals surface area (Å²) in [6.45, 7) is 1.85. The largest absolute Gasteiger partial charge is 0.453 e. The molecule has 0 bridgehead atoms. The molecule has 0 saturated heterocycles. The third-order valence-electron chi connectivity index (χ3n) is 4.55. The number of rotatable bonds is 3. The molecule has 2 heterocycles. The molecule has 0 fully saturated rings. The summed E-state index contributed by atoms with van der Waals surface area (Å²) in [4.78, 5) is 12.8. The third-order valence-corrected chi connectivity index (χ3v) is 6.06. The normalized spacial score (nSPS) is 16.9. The Bertz CT molecular complexity index is 1150. The molecule has 5 nitrogen and oxygen atoms in total. The number of carbonyl (C=O) groups is 1. The summed E-state index contributed by atoms with van der Waals surface area (Å²) in [5.74, 6) is -0.0150. The zero-order chi connectivity index (χ0) is 18.6. The number of fused-ring (bicyclic) bond motifs is 2. The van der Waals surface area contributed by atoms with E-state index < -0.39 is 10.0 Å². The monoisotopic (exact) mass is 389 g/mol. The molecule has 4 rings (SSSR count). The lowest BCUT2D eigenvalue weighted by Gasteiger charge is -2.21. The fourth-order valence-electron chi connectivity index (χ4n) is 3.52. The predicted octanol–water partition coefficient (Wildman–Crippen LogP) is 4.03.